The molecule has 1 aliphatic rings. The molecule has 1 unspecified atom stereocenters. The van der Waals surface area contributed by atoms with E-state index in [1.807, 2.05) is 24.4 Å². The number of thiophene rings is 1. The van der Waals surface area contributed by atoms with Gasteiger partial charge < -0.3 is 15.8 Å². The number of carbonyl (C=O) groups excluding carboxylic acids is 1. The van der Waals surface area contributed by atoms with Crippen LogP contribution in [0.3, 0.4) is 0 Å². The molecule has 1 aromatic heterocycles. The molecule has 0 saturated carbocycles. The van der Waals surface area contributed by atoms with Gasteiger partial charge in [-0.25, -0.2) is 0 Å². The van der Waals surface area contributed by atoms with Crippen LogP contribution in [0.15, 0.2) is 17.5 Å². The van der Waals surface area contributed by atoms with Crippen LogP contribution in [0.4, 0.5) is 0 Å². The monoisotopic (exact) mass is 268 g/mol. The Hall–Kier alpha value is -0.910. The highest BCUT2D eigenvalue weighted by Crippen LogP contribution is 2.30. The lowest BCUT2D eigenvalue weighted by Gasteiger charge is -2.35. The summed E-state index contributed by atoms with van der Waals surface area (Å²) in [5.41, 5.74) is 5.38. The van der Waals surface area contributed by atoms with Gasteiger partial charge in [0.15, 0.2) is 0 Å². The summed E-state index contributed by atoms with van der Waals surface area (Å²) in [6.07, 6.45) is 1.43. The van der Waals surface area contributed by atoms with Gasteiger partial charge >= 0.3 is 0 Å². The maximum absolute atomic E-state index is 12.4. The van der Waals surface area contributed by atoms with Crippen LogP contribution in [0.2, 0.25) is 0 Å². The van der Waals surface area contributed by atoms with Gasteiger partial charge in [-0.3, -0.25) is 4.79 Å². The number of rotatable bonds is 4. The molecule has 18 heavy (non-hydrogen) atoms. The molecule has 1 atom stereocenters. The van der Waals surface area contributed by atoms with Crippen LogP contribution in [0, 0.1) is 5.41 Å². The largest absolute Gasteiger partial charge is 0.381 e. The van der Waals surface area contributed by atoms with Crippen molar-refractivity contribution in [1.82, 2.24) is 5.32 Å². The van der Waals surface area contributed by atoms with E-state index >= 15 is 0 Å². The maximum Gasteiger partial charge on any atom is 0.228 e. The van der Waals surface area contributed by atoms with E-state index in [2.05, 4.69) is 5.32 Å². The number of hydrogen-bond donors (Lipinski definition) is 2. The van der Waals surface area contributed by atoms with Crippen LogP contribution < -0.4 is 11.1 Å². The fourth-order valence-electron chi connectivity index (χ4n) is 2.24. The normalized spacial score (nSPS) is 20.3. The van der Waals surface area contributed by atoms with Gasteiger partial charge in [-0.1, -0.05) is 6.07 Å². The first-order valence-corrected chi connectivity index (χ1v) is 7.18. The number of amides is 1. The van der Waals surface area contributed by atoms with Gasteiger partial charge in [0.1, 0.15) is 0 Å². The zero-order valence-electron chi connectivity index (χ0n) is 10.6. The molecule has 4 nitrogen and oxygen atoms in total. The second kappa shape index (κ2) is 5.82. The van der Waals surface area contributed by atoms with Crippen LogP contribution in [0.25, 0.3) is 0 Å². The third-order valence-corrected chi connectivity index (χ3v) is 4.69. The average Bonchev–Trinajstić information content (AvgIpc) is 2.93. The number of nitrogens with two attached hydrogens (primary N) is 1. The SMILES string of the molecule is CC(NC(=O)C1(CN)CCOCC1)c1cccs1. The van der Waals surface area contributed by atoms with Crippen molar-refractivity contribution in [3.63, 3.8) is 0 Å². The lowest BCUT2D eigenvalue weighted by Crippen LogP contribution is -2.49. The highest BCUT2D eigenvalue weighted by molar-refractivity contribution is 7.10. The third-order valence-electron chi connectivity index (χ3n) is 3.64. The molecule has 1 fully saturated rings. The minimum absolute atomic E-state index is 0.0452. The molecule has 1 aromatic rings. The molecule has 1 amide bonds. The first-order valence-electron chi connectivity index (χ1n) is 6.30. The van der Waals surface area contributed by atoms with Crippen LogP contribution >= 0.6 is 11.3 Å². The topological polar surface area (TPSA) is 64.4 Å². The Morgan fingerprint density at radius 2 is 2.33 bits per heavy atom. The molecule has 1 saturated heterocycles. The van der Waals surface area contributed by atoms with E-state index in [0.29, 0.717) is 32.6 Å². The molecular formula is C13H20N2O2S. The number of carbonyl (C=O) groups is 1. The van der Waals surface area contributed by atoms with E-state index < -0.39 is 5.41 Å². The summed E-state index contributed by atoms with van der Waals surface area (Å²) in [6.45, 7) is 3.64. The molecule has 100 valence electrons. The zero-order chi connectivity index (χ0) is 13.0. The molecule has 2 rings (SSSR count). The summed E-state index contributed by atoms with van der Waals surface area (Å²) >= 11 is 1.66. The van der Waals surface area contributed by atoms with Crippen molar-refractivity contribution < 1.29 is 9.53 Å². The van der Waals surface area contributed by atoms with Crippen LogP contribution in [0.5, 0.6) is 0 Å². The molecule has 1 aliphatic heterocycles. The first-order chi connectivity index (χ1) is 8.68. The van der Waals surface area contributed by atoms with Crippen molar-refractivity contribution in [2.75, 3.05) is 19.8 Å². The van der Waals surface area contributed by atoms with Crippen molar-refractivity contribution in [2.45, 2.75) is 25.8 Å². The molecule has 0 aromatic carbocycles. The summed E-state index contributed by atoms with van der Waals surface area (Å²) in [6, 6.07) is 4.08. The van der Waals surface area contributed by atoms with E-state index in [1.54, 1.807) is 11.3 Å². The summed E-state index contributed by atoms with van der Waals surface area (Å²) in [5, 5.41) is 5.10. The highest BCUT2D eigenvalue weighted by atomic mass is 32.1. The van der Waals surface area contributed by atoms with E-state index in [4.69, 9.17) is 10.5 Å². The van der Waals surface area contributed by atoms with Gasteiger partial charge in [-0.15, -0.1) is 11.3 Å². The fourth-order valence-corrected chi connectivity index (χ4v) is 2.98. The number of hydrogen-bond acceptors (Lipinski definition) is 4. The van der Waals surface area contributed by atoms with Gasteiger partial charge in [0.2, 0.25) is 5.91 Å². The molecule has 0 radical (unpaired) electrons. The van der Waals surface area contributed by atoms with Crippen molar-refractivity contribution >= 4 is 17.2 Å². The lowest BCUT2D eigenvalue weighted by molar-refractivity contribution is -0.136. The van der Waals surface area contributed by atoms with E-state index in [9.17, 15) is 4.79 Å². The van der Waals surface area contributed by atoms with Crippen molar-refractivity contribution in [1.29, 1.82) is 0 Å². The standard InChI is InChI=1S/C13H20N2O2S/c1-10(11-3-2-8-18-11)15-12(16)13(9-14)4-6-17-7-5-13/h2-3,8,10H,4-7,9,14H2,1H3,(H,15,16). The Morgan fingerprint density at radius 1 is 1.61 bits per heavy atom. The van der Waals surface area contributed by atoms with E-state index in [1.165, 1.54) is 4.88 Å². The third kappa shape index (κ3) is 2.74. The van der Waals surface area contributed by atoms with Crippen LogP contribution in [-0.4, -0.2) is 25.7 Å². The molecule has 5 heteroatoms. The first kappa shape index (κ1) is 13.5. The molecule has 2 heterocycles. The average molecular weight is 268 g/mol. The predicted molar refractivity (Wildman–Crippen MR) is 72.4 cm³/mol. The molecule has 0 bridgehead atoms. The molecule has 3 N–H and O–H groups in total. The predicted octanol–water partition coefficient (Wildman–Crippen LogP) is 1.68. The van der Waals surface area contributed by atoms with Gasteiger partial charge in [-0.2, -0.15) is 0 Å². The Balaban J connectivity index is 2.01. The van der Waals surface area contributed by atoms with Gasteiger partial charge in [-0.05, 0) is 31.2 Å². The van der Waals surface area contributed by atoms with Gasteiger partial charge in [0, 0.05) is 24.6 Å². The quantitative estimate of drug-likeness (QED) is 0.873. The summed E-state index contributed by atoms with van der Waals surface area (Å²) in [7, 11) is 0. The summed E-state index contributed by atoms with van der Waals surface area (Å²) in [4.78, 5) is 13.6. The molecule has 0 spiro atoms. The smallest absolute Gasteiger partial charge is 0.228 e. The maximum atomic E-state index is 12.4. The van der Waals surface area contributed by atoms with Crippen LogP contribution in [-0.2, 0) is 9.53 Å². The van der Waals surface area contributed by atoms with Crippen molar-refractivity contribution in [3.05, 3.63) is 22.4 Å². The van der Waals surface area contributed by atoms with E-state index in [0.717, 1.165) is 0 Å². The van der Waals surface area contributed by atoms with E-state index in [-0.39, 0.29) is 11.9 Å². The second-order valence-electron chi connectivity index (χ2n) is 4.81. The van der Waals surface area contributed by atoms with Crippen molar-refractivity contribution in [2.24, 2.45) is 11.1 Å². The molecule has 0 aliphatic carbocycles. The summed E-state index contributed by atoms with van der Waals surface area (Å²) < 4.78 is 5.32. The molecular weight excluding hydrogens is 248 g/mol. The Labute approximate surface area is 112 Å². The number of ether oxygens (including phenoxy) is 1. The number of nitrogens with one attached hydrogen (secondary N) is 1. The Morgan fingerprint density at radius 3 is 2.89 bits per heavy atom. The second-order valence-corrected chi connectivity index (χ2v) is 5.79. The van der Waals surface area contributed by atoms with Crippen molar-refractivity contribution in [3.8, 4) is 0 Å². The Kier molecular flexibility index (Phi) is 4.37. The van der Waals surface area contributed by atoms with Gasteiger partial charge in [0.25, 0.3) is 0 Å². The van der Waals surface area contributed by atoms with Crippen LogP contribution in [0.1, 0.15) is 30.7 Å². The zero-order valence-corrected chi connectivity index (χ0v) is 11.5. The minimum atomic E-state index is -0.441. The van der Waals surface area contributed by atoms with Gasteiger partial charge in [0.05, 0.1) is 11.5 Å². The summed E-state index contributed by atoms with van der Waals surface area (Å²) in [5.74, 6) is 0.0641. The fraction of sp³-hybridized carbons (Fsp3) is 0.615. The lowest BCUT2D eigenvalue weighted by atomic mass is 9.79. The highest BCUT2D eigenvalue weighted by Gasteiger charge is 2.39. The Bertz CT molecular complexity index is 386. The minimum Gasteiger partial charge on any atom is -0.381 e.